The fraction of sp³-hybridized carbons (Fsp3) is 0.636. The first-order valence-electron chi connectivity index (χ1n) is 10.5. The molecule has 1 N–H and O–H groups in total. The Balaban J connectivity index is 2.14. The number of carbonyl (C=O) groups excluding carboxylic acids is 3. The molecule has 0 radical (unpaired) electrons. The minimum absolute atomic E-state index is 0.0267. The van der Waals surface area contributed by atoms with Gasteiger partial charge in [0.1, 0.15) is 6.10 Å². The summed E-state index contributed by atoms with van der Waals surface area (Å²) in [5, 5.41) is 2.58. The molecule has 9 nitrogen and oxygen atoms in total. The van der Waals surface area contributed by atoms with E-state index in [4.69, 9.17) is 18.9 Å². The molecule has 1 saturated heterocycles. The second-order valence-electron chi connectivity index (χ2n) is 8.05. The molecule has 1 aromatic rings. The molecular weight excluding hydrogens is 404 g/mol. The van der Waals surface area contributed by atoms with E-state index in [2.05, 4.69) is 24.1 Å². The van der Waals surface area contributed by atoms with Crippen molar-refractivity contribution in [3.8, 4) is 11.5 Å². The molecule has 3 atom stereocenters. The number of rotatable bonds is 7. The molecule has 0 aliphatic carbocycles. The largest absolute Gasteiger partial charge is 0.493 e. The van der Waals surface area contributed by atoms with Crippen LogP contribution in [0.15, 0.2) is 12.3 Å². The van der Waals surface area contributed by atoms with E-state index in [1.807, 2.05) is 6.92 Å². The topological polar surface area (TPSA) is 113 Å². The summed E-state index contributed by atoms with van der Waals surface area (Å²) >= 11 is 0. The van der Waals surface area contributed by atoms with Gasteiger partial charge in [0.2, 0.25) is 5.75 Å². The minimum atomic E-state index is -1.02. The molecule has 172 valence electrons. The molecule has 31 heavy (non-hydrogen) atoms. The quantitative estimate of drug-likeness (QED) is 0.649. The summed E-state index contributed by atoms with van der Waals surface area (Å²) in [7, 11) is 1.38. The number of hydrogen-bond donors (Lipinski definition) is 1. The number of ether oxygens (including phenoxy) is 4. The Morgan fingerprint density at radius 2 is 2.10 bits per heavy atom. The molecule has 0 bridgehead atoms. The highest BCUT2D eigenvalue weighted by atomic mass is 16.6. The standard InChI is InChI=1S/C22H32N2O7/c1-13(2)6-7-16-9-11-29-12-17(22(27)30-14(16)3)24-21(26)19-20(31-15(4)25)18(28-5)8-10-23-19/h8,10,13-14,16-17H,6-7,9,11-12H2,1-5H3,(H,24,26)/t14-,16+,17-/m0/s1. The summed E-state index contributed by atoms with van der Waals surface area (Å²) in [5.41, 5.74) is -0.176. The maximum atomic E-state index is 12.9. The number of carbonyl (C=O) groups is 3. The number of nitrogens with zero attached hydrogens (tertiary/aromatic N) is 1. The first kappa shape index (κ1) is 24.6. The van der Waals surface area contributed by atoms with Gasteiger partial charge in [-0.3, -0.25) is 9.59 Å². The van der Waals surface area contributed by atoms with Gasteiger partial charge in [-0.15, -0.1) is 0 Å². The average Bonchev–Trinajstić information content (AvgIpc) is 2.76. The Bertz CT molecular complexity index is 781. The van der Waals surface area contributed by atoms with Crippen molar-refractivity contribution in [2.45, 2.75) is 59.1 Å². The van der Waals surface area contributed by atoms with Crippen molar-refractivity contribution < 1.29 is 33.3 Å². The maximum Gasteiger partial charge on any atom is 0.331 e. The van der Waals surface area contributed by atoms with Gasteiger partial charge in [0.15, 0.2) is 17.5 Å². The molecule has 1 amide bonds. The lowest BCUT2D eigenvalue weighted by atomic mass is 9.91. The maximum absolute atomic E-state index is 12.9. The number of aromatic nitrogens is 1. The van der Waals surface area contributed by atoms with E-state index in [0.717, 1.165) is 19.3 Å². The van der Waals surface area contributed by atoms with Crippen molar-refractivity contribution in [3.05, 3.63) is 18.0 Å². The van der Waals surface area contributed by atoms with E-state index >= 15 is 0 Å². The van der Waals surface area contributed by atoms with Crippen LogP contribution in [0.3, 0.4) is 0 Å². The smallest absolute Gasteiger partial charge is 0.331 e. The van der Waals surface area contributed by atoms with Gasteiger partial charge >= 0.3 is 11.9 Å². The van der Waals surface area contributed by atoms with Gasteiger partial charge in [0.25, 0.3) is 5.91 Å². The third kappa shape index (κ3) is 7.20. The monoisotopic (exact) mass is 436 g/mol. The second-order valence-corrected chi connectivity index (χ2v) is 8.05. The molecule has 1 fully saturated rings. The molecule has 0 saturated carbocycles. The third-order valence-corrected chi connectivity index (χ3v) is 5.14. The second kappa shape index (κ2) is 11.6. The number of methoxy groups -OCH3 is 1. The molecule has 1 aromatic heterocycles. The lowest BCUT2D eigenvalue weighted by molar-refractivity contribution is -0.153. The number of esters is 2. The molecule has 0 unspecified atom stereocenters. The van der Waals surface area contributed by atoms with Gasteiger partial charge in [-0.25, -0.2) is 9.78 Å². The highest BCUT2D eigenvalue weighted by Crippen LogP contribution is 2.30. The molecule has 0 spiro atoms. The van der Waals surface area contributed by atoms with E-state index in [1.165, 1.54) is 26.3 Å². The highest BCUT2D eigenvalue weighted by molar-refractivity contribution is 5.98. The van der Waals surface area contributed by atoms with E-state index in [0.29, 0.717) is 12.5 Å². The molecule has 9 heteroatoms. The predicted molar refractivity (Wildman–Crippen MR) is 112 cm³/mol. The summed E-state index contributed by atoms with van der Waals surface area (Å²) in [6.45, 7) is 7.83. The number of cyclic esters (lactones) is 1. The van der Waals surface area contributed by atoms with Crippen LogP contribution in [0.25, 0.3) is 0 Å². The lowest BCUT2D eigenvalue weighted by Gasteiger charge is -2.24. The highest BCUT2D eigenvalue weighted by Gasteiger charge is 2.31. The van der Waals surface area contributed by atoms with E-state index in [1.54, 1.807) is 0 Å². The van der Waals surface area contributed by atoms with Crippen LogP contribution in [0.5, 0.6) is 11.5 Å². The van der Waals surface area contributed by atoms with E-state index in [9.17, 15) is 14.4 Å². The Morgan fingerprint density at radius 3 is 2.74 bits per heavy atom. The molecule has 2 rings (SSSR count). The van der Waals surface area contributed by atoms with Crippen molar-refractivity contribution in [3.63, 3.8) is 0 Å². The van der Waals surface area contributed by atoms with Crippen molar-refractivity contribution in [1.29, 1.82) is 0 Å². The Labute approximate surface area is 182 Å². The van der Waals surface area contributed by atoms with Crippen LogP contribution in [-0.2, 0) is 19.1 Å². The SMILES string of the molecule is COc1ccnc(C(=O)N[C@H]2COCC[C@@H](CCC(C)C)[C@H](C)OC2=O)c1OC(C)=O. The van der Waals surface area contributed by atoms with Crippen LogP contribution in [-0.4, -0.2) is 55.3 Å². The van der Waals surface area contributed by atoms with Crippen LogP contribution in [0.2, 0.25) is 0 Å². The zero-order chi connectivity index (χ0) is 23.0. The van der Waals surface area contributed by atoms with Gasteiger partial charge in [-0.1, -0.05) is 20.3 Å². The number of pyridine rings is 1. The average molecular weight is 437 g/mol. The zero-order valence-corrected chi connectivity index (χ0v) is 18.8. The number of amides is 1. The Kier molecular flexibility index (Phi) is 9.23. The molecule has 0 aromatic carbocycles. The van der Waals surface area contributed by atoms with Crippen LogP contribution in [0.1, 0.15) is 57.4 Å². The van der Waals surface area contributed by atoms with Gasteiger partial charge < -0.3 is 24.3 Å². The first-order chi connectivity index (χ1) is 14.7. The molecule has 1 aliphatic heterocycles. The van der Waals surface area contributed by atoms with Gasteiger partial charge in [0.05, 0.1) is 13.7 Å². The summed E-state index contributed by atoms with van der Waals surface area (Å²) in [6, 6.07) is 0.447. The Hall–Kier alpha value is -2.68. The number of nitrogens with one attached hydrogen (secondary N) is 1. The third-order valence-electron chi connectivity index (χ3n) is 5.14. The predicted octanol–water partition coefficient (Wildman–Crippen LogP) is 2.52. The fourth-order valence-electron chi connectivity index (χ4n) is 3.35. The van der Waals surface area contributed by atoms with E-state index in [-0.39, 0.29) is 35.8 Å². The van der Waals surface area contributed by atoms with Crippen LogP contribution < -0.4 is 14.8 Å². The Morgan fingerprint density at radius 1 is 1.35 bits per heavy atom. The fourth-order valence-corrected chi connectivity index (χ4v) is 3.35. The normalized spacial score (nSPS) is 22.0. The van der Waals surface area contributed by atoms with Crippen molar-refractivity contribution in [2.24, 2.45) is 11.8 Å². The van der Waals surface area contributed by atoms with Gasteiger partial charge in [-0.2, -0.15) is 0 Å². The zero-order valence-electron chi connectivity index (χ0n) is 18.8. The van der Waals surface area contributed by atoms with Gasteiger partial charge in [0, 0.05) is 25.8 Å². The van der Waals surface area contributed by atoms with Crippen molar-refractivity contribution in [2.75, 3.05) is 20.3 Å². The molecule has 1 aliphatic rings. The van der Waals surface area contributed by atoms with E-state index < -0.39 is 23.9 Å². The first-order valence-corrected chi connectivity index (χ1v) is 10.5. The summed E-state index contributed by atoms with van der Waals surface area (Å²) in [4.78, 5) is 41.0. The van der Waals surface area contributed by atoms with Crippen LogP contribution in [0.4, 0.5) is 0 Å². The minimum Gasteiger partial charge on any atom is -0.493 e. The summed E-state index contributed by atoms with van der Waals surface area (Å²) < 4.78 is 21.6. The lowest BCUT2D eigenvalue weighted by Crippen LogP contribution is -2.46. The van der Waals surface area contributed by atoms with Crippen molar-refractivity contribution in [1.82, 2.24) is 10.3 Å². The van der Waals surface area contributed by atoms with Crippen molar-refractivity contribution >= 4 is 17.8 Å². The summed E-state index contributed by atoms with van der Waals surface area (Å²) in [5.74, 6) is -1.11. The van der Waals surface area contributed by atoms with Gasteiger partial charge in [-0.05, 0) is 31.6 Å². The number of hydrogen-bond acceptors (Lipinski definition) is 8. The summed E-state index contributed by atoms with van der Waals surface area (Å²) in [6.07, 6.45) is 3.80. The van der Waals surface area contributed by atoms with Crippen LogP contribution in [0, 0.1) is 11.8 Å². The molecule has 2 heterocycles. The molecular formula is C22H32N2O7. The van der Waals surface area contributed by atoms with Crippen LogP contribution >= 0.6 is 0 Å².